The van der Waals surface area contributed by atoms with Crippen molar-refractivity contribution >= 4 is 29.2 Å². The SMILES string of the molecule is COc1cc(C2CCN(C)CC2)ccc1Nc1ncc2c(n1)N(C1CCC1)C(=O)N(c1c(C)cccc1C)C2. The molecular formula is C31H38N6O2. The van der Waals surface area contributed by atoms with Gasteiger partial charge in [0.1, 0.15) is 11.6 Å². The summed E-state index contributed by atoms with van der Waals surface area (Å²) in [7, 11) is 3.88. The number of nitrogens with one attached hydrogen (secondary N) is 1. The van der Waals surface area contributed by atoms with Crippen molar-refractivity contribution in [3.8, 4) is 5.75 Å². The molecule has 6 rings (SSSR count). The summed E-state index contributed by atoms with van der Waals surface area (Å²) in [6, 6.07) is 12.7. The normalized spacial score (nSPS) is 18.6. The average Bonchev–Trinajstić information content (AvgIpc) is 2.90. The van der Waals surface area contributed by atoms with E-state index in [0.29, 0.717) is 24.2 Å². The van der Waals surface area contributed by atoms with Gasteiger partial charge in [0, 0.05) is 17.8 Å². The minimum absolute atomic E-state index is 0.00527. The summed E-state index contributed by atoms with van der Waals surface area (Å²) in [5.74, 6) is 2.51. The van der Waals surface area contributed by atoms with Crippen LogP contribution in [-0.4, -0.2) is 54.2 Å². The first kappa shape index (κ1) is 25.6. The van der Waals surface area contributed by atoms with Crippen LogP contribution < -0.4 is 19.9 Å². The molecular weight excluding hydrogens is 488 g/mol. The van der Waals surface area contributed by atoms with Crippen molar-refractivity contribution in [3.63, 3.8) is 0 Å². The van der Waals surface area contributed by atoms with Crippen molar-refractivity contribution in [2.45, 2.75) is 64.5 Å². The third-order valence-electron chi connectivity index (χ3n) is 8.65. The number of hydrogen-bond donors (Lipinski definition) is 1. The van der Waals surface area contributed by atoms with Crippen LogP contribution in [0.4, 0.5) is 27.9 Å². The number of fused-ring (bicyclic) bond motifs is 1. The third-order valence-corrected chi connectivity index (χ3v) is 8.65. The van der Waals surface area contributed by atoms with E-state index in [2.05, 4.69) is 66.4 Å². The second-order valence-electron chi connectivity index (χ2n) is 11.3. The molecule has 8 nitrogen and oxygen atoms in total. The predicted octanol–water partition coefficient (Wildman–Crippen LogP) is 6.15. The topological polar surface area (TPSA) is 73.8 Å². The van der Waals surface area contributed by atoms with Crippen LogP contribution in [0.2, 0.25) is 0 Å². The number of carbonyl (C=O) groups is 1. The van der Waals surface area contributed by atoms with Crippen molar-refractivity contribution in [1.82, 2.24) is 14.9 Å². The van der Waals surface area contributed by atoms with Gasteiger partial charge in [0.2, 0.25) is 5.95 Å². The standard InChI is InChI=1S/C31H38N6O2/c1-20-7-5-8-21(2)28(20)36-19-24-18-32-30(34-29(24)37(31(36)38)25-9-6-10-25)33-26-12-11-23(17-27(26)39-4)22-13-15-35(3)16-14-22/h5,7-8,11-12,17-18,22,25H,6,9-10,13-16,19H2,1-4H3,(H,32,33,34). The number of ether oxygens (including phenoxy) is 1. The monoisotopic (exact) mass is 526 g/mol. The van der Waals surface area contributed by atoms with E-state index in [9.17, 15) is 4.79 Å². The van der Waals surface area contributed by atoms with Gasteiger partial charge in [-0.15, -0.1) is 0 Å². The van der Waals surface area contributed by atoms with Crippen molar-refractivity contribution in [1.29, 1.82) is 0 Å². The summed E-state index contributed by atoms with van der Waals surface area (Å²) >= 11 is 0. The first-order valence-corrected chi connectivity index (χ1v) is 14.1. The van der Waals surface area contributed by atoms with E-state index in [-0.39, 0.29) is 12.1 Å². The highest BCUT2D eigenvalue weighted by Crippen LogP contribution is 2.40. The molecule has 3 heterocycles. The van der Waals surface area contributed by atoms with E-state index in [1.165, 1.54) is 5.56 Å². The highest BCUT2D eigenvalue weighted by atomic mass is 16.5. The van der Waals surface area contributed by atoms with Gasteiger partial charge in [-0.3, -0.25) is 9.80 Å². The highest BCUT2D eigenvalue weighted by molar-refractivity contribution is 6.06. The van der Waals surface area contributed by atoms with E-state index < -0.39 is 0 Å². The summed E-state index contributed by atoms with van der Waals surface area (Å²) in [4.78, 5) is 29.7. The molecule has 204 valence electrons. The molecule has 3 aromatic rings. The molecule has 0 bridgehead atoms. The Morgan fingerprint density at radius 1 is 1.03 bits per heavy atom. The van der Waals surface area contributed by atoms with Gasteiger partial charge in [-0.25, -0.2) is 9.78 Å². The van der Waals surface area contributed by atoms with E-state index in [1.807, 2.05) is 22.1 Å². The van der Waals surface area contributed by atoms with E-state index in [0.717, 1.165) is 79.0 Å². The zero-order valence-corrected chi connectivity index (χ0v) is 23.4. The Labute approximate surface area is 231 Å². The lowest BCUT2D eigenvalue weighted by molar-refractivity contribution is 0.242. The number of aromatic nitrogens is 2. The number of nitrogens with zero attached hydrogens (tertiary/aromatic N) is 5. The zero-order chi connectivity index (χ0) is 27.1. The van der Waals surface area contributed by atoms with Crippen LogP contribution in [0.5, 0.6) is 5.75 Å². The fraction of sp³-hybridized carbons (Fsp3) is 0.452. The number of hydrogen-bond acceptors (Lipinski definition) is 6. The van der Waals surface area contributed by atoms with Crippen LogP contribution in [0.25, 0.3) is 0 Å². The van der Waals surface area contributed by atoms with Crippen LogP contribution in [0.15, 0.2) is 42.6 Å². The Hall–Kier alpha value is -3.65. The summed E-state index contributed by atoms with van der Waals surface area (Å²) in [6.07, 6.45) is 7.29. The molecule has 1 saturated carbocycles. The lowest BCUT2D eigenvalue weighted by Crippen LogP contribution is -2.54. The lowest BCUT2D eigenvalue weighted by atomic mass is 9.89. The molecule has 2 aromatic carbocycles. The Balaban J connectivity index is 1.30. The second-order valence-corrected chi connectivity index (χ2v) is 11.3. The molecule has 1 saturated heterocycles. The average molecular weight is 527 g/mol. The van der Waals surface area contributed by atoms with Crippen LogP contribution in [-0.2, 0) is 6.54 Å². The quantitative estimate of drug-likeness (QED) is 0.415. The second kappa shape index (κ2) is 10.5. The summed E-state index contributed by atoms with van der Waals surface area (Å²) < 4.78 is 5.77. The predicted molar refractivity (Wildman–Crippen MR) is 155 cm³/mol. The number of para-hydroxylation sites is 1. The minimum atomic E-state index is -0.00527. The first-order chi connectivity index (χ1) is 18.9. The van der Waals surface area contributed by atoms with Crippen molar-refractivity contribution in [2.75, 3.05) is 42.4 Å². The van der Waals surface area contributed by atoms with E-state index >= 15 is 0 Å². The summed E-state index contributed by atoms with van der Waals surface area (Å²) in [5.41, 5.74) is 6.26. The molecule has 39 heavy (non-hydrogen) atoms. The Morgan fingerprint density at radius 2 is 1.77 bits per heavy atom. The summed E-state index contributed by atoms with van der Waals surface area (Å²) in [6.45, 7) is 6.82. The summed E-state index contributed by atoms with van der Waals surface area (Å²) in [5, 5.41) is 3.38. The fourth-order valence-corrected chi connectivity index (χ4v) is 6.14. The Morgan fingerprint density at radius 3 is 2.44 bits per heavy atom. The molecule has 0 atom stereocenters. The van der Waals surface area contributed by atoms with Gasteiger partial charge in [-0.2, -0.15) is 4.98 Å². The number of urea groups is 1. The van der Waals surface area contributed by atoms with Crippen LogP contribution in [0, 0.1) is 13.8 Å². The van der Waals surface area contributed by atoms with Gasteiger partial charge in [0.25, 0.3) is 0 Å². The zero-order valence-electron chi connectivity index (χ0n) is 23.4. The largest absolute Gasteiger partial charge is 0.495 e. The Bertz CT molecular complexity index is 1360. The third kappa shape index (κ3) is 4.82. The molecule has 1 aromatic heterocycles. The van der Waals surface area contributed by atoms with Crippen LogP contribution in [0.1, 0.15) is 60.3 Å². The fourth-order valence-electron chi connectivity index (χ4n) is 6.14. The smallest absolute Gasteiger partial charge is 0.330 e. The minimum Gasteiger partial charge on any atom is -0.495 e. The van der Waals surface area contributed by atoms with Crippen molar-refractivity contribution in [3.05, 3.63) is 64.8 Å². The number of amides is 2. The highest BCUT2D eigenvalue weighted by Gasteiger charge is 2.40. The van der Waals surface area contributed by atoms with Crippen LogP contribution in [0.3, 0.4) is 0 Å². The first-order valence-electron chi connectivity index (χ1n) is 14.1. The van der Waals surface area contributed by atoms with E-state index in [1.54, 1.807) is 7.11 Å². The molecule has 2 aliphatic heterocycles. The van der Waals surface area contributed by atoms with Gasteiger partial charge in [0.15, 0.2) is 0 Å². The van der Waals surface area contributed by atoms with Gasteiger partial charge in [0.05, 0.1) is 25.0 Å². The van der Waals surface area contributed by atoms with Gasteiger partial charge in [-0.05, 0) is 101 Å². The van der Waals surface area contributed by atoms with Crippen LogP contribution >= 0.6 is 0 Å². The van der Waals surface area contributed by atoms with Crippen molar-refractivity contribution < 1.29 is 9.53 Å². The van der Waals surface area contributed by atoms with Gasteiger partial charge in [-0.1, -0.05) is 24.3 Å². The number of benzene rings is 2. The molecule has 0 unspecified atom stereocenters. The van der Waals surface area contributed by atoms with Crippen molar-refractivity contribution in [2.24, 2.45) is 0 Å². The van der Waals surface area contributed by atoms with E-state index in [4.69, 9.17) is 9.72 Å². The molecule has 2 amide bonds. The molecule has 8 heteroatoms. The number of carbonyl (C=O) groups excluding carboxylic acids is 1. The number of methoxy groups -OCH3 is 1. The molecule has 0 radical (unpaired) electrons. The molecule has 2 fully saturated rings. The maximum atomic E-state index is 14.0. The number of aryl methyl sites for hydroxylation is 2. The maximum Gasteiger partial charge on any atom is 0.330 e. The number of likely N-dealkylation sites (tertiary alicyclic amines) is 1. The lowest BCUT2D eigenvalue weighted by Gasteiger charge is -2.44. The molecule has 0 spiro atoms. The number of anilines is 4. The number of piperidine rings is 1. The maximum absolute atomic E-state index is 14.0. The number of rotatable bonds is 6. The van der Waals surface area contributed by atoms with Gasteiger partial charge >= 0.3 is 6.03 Å². The molecule has 1 N–H and O–H groups in total. The molecule has 3 aliphatic rings. The van der Waals surface area contributed by atoms with Gasteiger partial charge < -0.3 is 15.0 Å². The molecule has 1 aliphatic carbocycles. The Kier molecular flexibility index (Phi) is 6.89.